The summed E-state index contributed by atoms with van der Waals surface area (Å²) in [6.45, 7) is 3.92. The van der Waals surface area contributed by atoms with E-state index in [1.807, 2.05) is 0 Å². The summed E-state index contributed by atoms with van der Waals surface area (Å²) in [5.74, 6) is 2.24. The largest absolute Gasteiger partial charge is 0.383 e. The number of hydrogen-bond donors (Lipinski definition) is 1. The predicted octanol–water partition coefficient (Wildman–Crippen LogP) is 2.90. The molecule has 2 rings (SSSR count). The van der Waals surface area contributed by atoms with E-state index in [-0.39, 0.29) is 0 Å². The first kappa shape index (κ1) is 12.9. The van der Waals surface area contributed by atoms with E-state index in [0.717, 1.165) is 24.9 Å². The average Bonchev–Trinajstić information content (AvgIpc) is 3.04. The van der Waals surface area contributed by atoms with Crippen LogP contribution in [0.5, 0.6) is 0 Å². The lowest BCUT2D eigenvalue weighted by atomic mass is 10.0. The first-order chi connectivity index (χ1) is 8.24. The molecule has 0 spiro atoms. The van der Waals surface area contributed by atoms with E-state index >= 15 is 0 Å². The third kappa shape index (κ3) is 3.21. The van der Waals surface area contributed by atoms with Crippen molar-refractivity contribution < 1.29 is 4.74 Å². The van der Waals surface area contributed by atoms with Crippen LogP contribution >= 0.6 is 0 Å². The standard InChI is InChI=1S/C14H26N2O/c1-11(12-7-8-12)16(9-10-17-2)14(15)13-5-3-4-6-13/h11-13,15H,3-10H2,1-2H3. The zero-order valence-corrected chi connectivity index (χ0v) is 11.2. The number of amidine groups is 1. The first-order valence-corrected chi connectivity index (χ1v) is 7.08. The molecule has 0 amide bonds. The molecule has 0 aromatic heterocycles. The second kappa shape index (κ2) is 5.85. The second-order valence-electron chi connectivity index (χ2n) is 5.63. The van der Waals surface area contributed by atoms with Crippen molar-refractivity contribution in [1.82, 2.24) is 4.90 Å². The summed E-state index contributed by atoms with van der Waals surface area (Å²) in [6.07, 6.45) is 7.76. The van der Waals surface area contributed by atoms with Crippen molar-refractivity contribution in [3.8, 4) is 0 Å². The first-order valence-electron chi connectivity index (χ1n) is 7.08. The van der Waals surface area contributed by atoms with E-state index in [0.29, 0.717) is 12.0 Å². The highest BCUT2D eigenvalue weighted by atomic mass is 16.5. The van der Waals surface area contributed by atoms with Crippen molar-refractivity contribution >= 4 is 5.84 Å². The SMILES string of the molecule is COCCN(C(=N)C1CCCC1)C(C)C1CC1. The van der Waals surface area contributed by atoms with E-state index < -0.39 is 0 Å². The number of nitrogens with one attached hydrogen (secondary N) is 1. The Bertz CT molecular complexity index is 257. The topological polar surface area (TPSA) is 36.3 Å². The van der Waals surface area contributed by atoms with E-state index in [1.165, 1.54) is 38.5 Å². The lowest BCUT2D eigenvalue weighted by molar-refractivity contribution is 0.156. The fourth-order valence-corrected chi connectivity index (χ4v) is 3.00. The van der Waals surface area contributed by atoms with Crippen LogP contribution in [0.2, 0.25) is 0 Å². The van der Waals surface area contributed by atoms with Crippen LogP contribution in [0.15, 0.2) is 0 Å². The molecule has 0 heterocycles. The quantitative estimate of drug-likeness (QED) is 0.570. The van der Waals surface area contributed by atoms with Crippen molar-refractivity contribution in [2.24, 2.45) is 11.8 Å². The fourth-order valence-electron chi connectivity index (χ4n) is 3.00. The number of methoxy groups -OCH3 is 1. The molecule has 0 saturated heterocycles. The van der Waals surface area contributed by atoms with Gasteiger partial charge in [0.1, 0.15) is 0 Å². The molecular formula is C14H26N2O. The molecule has 2 aliphatic rings. The predicted molar refractivity (Wildman–Crippen MR) is 70.5 cm³/mol. The Balaban J connectivity index is 1.94. The maximum atomic E-state index is 8.44. The molecule has 3 heteroatoms. The Morgan fingerprint density at radius 2 is 1.94 bits per heavy atom. The highest BCUT2D eigenvalue weighted by Crippen LogP contribution is 2.36. The molecule has 98 valence electrons. The minimum Gasteiger partial charge on any atom is -0.383 e. The smallest absolute Gasteiger partial charge is 0.0992 e. The third-order valence-corrected chi connectivity index (χ3v) is 4.38. The number of rotatable bonds is 6. The van der Waals surface area contributed by atoms with Gasteiger partial charge in [-0.1, -0.05) is 12.8 Å². The van der Waals surface area contributed by atoms with Crippen LogP contribution in [-0.2, 0) is 4.74 Å². The molecule has 0 aliphatic heterocycles. The van der Waals surface area contributed by atoms with Gasteiger partial charge in [-0.3, -0.25) is 5.41 Å². The number of hydrogen-bond acceptors (Lipinski definition) is 2. The maximum absolute atomic E-state index is 8.44. The fraction of sp³-hybridized carbons (Fsp3) is 0.929. The van der Waals surface area contributed by atoms with Gasteiger partial charge in [0.15, 0.2) is 0 Å². The van der Waals surface area contributed by atoms with Gasteiger partial charge in [0.05, 0.1) is 12.4 Å². The second-order valence-corrected chi connectivity index (χ2v) is 5.63. The van der Waals surface area contributed by atoms with Crippen molar-refractivity contribution in [2.45, 2.75) is 51.5 Å². The van der Waals surface area contributed by atoms with Gasteiger partial charge in [-0.25, -0.2) is 0 Å². The summed E-state index contributed by atoms with van der Waals surface area (Å²) in [5, 5.41) is 8.44. The van der Waals surface area contributed by atoms with Gasteiger partial charge >= 0.3 is 0 Å². The van der Waals surface area contributed by atoms with Crippen molar-refractivity contribution in [1.29, 1.82) is 5.41 Å². The van der Waals surface area contributed by atoms with Gasteiger partial charge in [0.25, 0.3) is 0 Å². The Morgan fingerprint density at radius 1 is 1.29 bits per heavy atom. The molecule has 17 heavy (non-hydrogen) atoms. The average molecular weight is 238 g/mol. The molecule has 0 radical (unpaired) electrons. The Hall–Kier alpha value is -0.570. The third-order valence-electron chi connectivity index (χ3n) is 4.38. The maximum Gasteiger partial charge on any atom is 0.0992 e. The lowest BCUT2D eigenvalue weighted by Crippen LogP contribution is -2.44. The van der Waals surface area contributed by atoms with Crippen molar-refractivity contribution in [2.75, 3.05) is 20.3 Å². The van der Waals surface area contributed by atoms with Gasteiger partial charge in [0, 0.05) is 25.6 Å². The Kier molecular flexibility index (Phi) is 4.43. The summed E-state index contributed by atoms with van der Waals surface area (Å²) in [4.78, 5) is 2.32. The van der Waals surface area contributed by atoms with Crippen LogP contribution in [0.25, 0.3) is 0 Å². The zero-order valence-electron chi connectivity index (χ0n) is 11.2. The Labute approximate surface area is 105 Å². The summed E-state index contributed by atoms with van der Waals surface area (Å²) in [5.41, 5.74) is 0. The van der Waals surface area contributed by atoms with Crippen molar-refractivity contribution in [3.63, 3.8) is 0 Å². The van der Waals surface area contributed by atoms with E-state index in [9.17, 15) is 0 Å². The number of nitrogens with zero attached hydrogens (tertiary/aromatic N) is 1. The molecule has 3 nitrogen and oxygen atoms in total. The minimum absolute atomic E-state index is 0.521. The summed E-state index contributed by atoms with van der Waals surface area (Å²) >= 11 is 0. The molecule has 2 aliphatic carbocycles. The van der Waals surface area contributed by atoms with Gasteiger partial charge in [-0.2, -0.15) is 0 Å². The minimum atomic E-state index is 0.521. The Morgan fingerprint density at radius 3 is 2.47 bits per heavy atom. The van der Waals surface area contributed by atoms with Gasteiger partial charge in [-0.15, -0.1) is 0 Å². The molecule has 1 atom stereocenters. The van der Waals surface area contributed by atoms with E-state index in [4.69, 9.17) is 10.1 Å². The molecular weight excluding hydrogens is 212 g/mol. The van der Waals surface area contributed by atoms with Gasteiger partial charge < -0.3 is 9.64 Å². The molecule has 0 bridgehead atoms. The van der Waals surface area contributed by atoms with Crippen LogP contribution < -0.4 is 0 Å². The van der Waals surface area contributed by atoms with Crippen LogP contribution in [0, 0.1) is 17.2 Å². The molecule has 1 unspecified atom stereocenters. The summed E-state index contributed by atoms with van der Waals surface area (Å²) in [7, 11) is 1.75. The zero-order chi connectivity index (χ0) is 12.3. The number of ether oxygens (including phenoxy) is 1. The molecule has 0 aromatic rings. The van der Waals surface area contributed by atoms with Crippen molar-refractivity contribution in [3.05, 3.63) is 0 Å². The van der Waals surface area contributed by atoms with E-state index in [1.54, 1.807) is 7.11 Å². The van der Waals surface area contributed by atoms with Gasteiger partial charge in [0.2, 0.25) is 0 Å². The highest BCUT2D eigenvalue weighted by molar-refractivity contribution is 5.82. The normalized spacial score (nSPS) is 22.7. The van der Waals surface area contributed by atoms with Gasteiger partial charge in [-0.05, 0) is 38.5 Å². The monoisotopic (exact) mass is 238 g/mol. The molecule has 1 N–H and O–H groups in total. The van der Waals surface area contributed by atoms with E-state index in [2.05, 4.69) is 11.8 Å². The highest BCUT2D eigenvalue weighted by Gasteiger charge is 2.35. The summed E-state index contributed by atoms with van der Waals surface area (Å²) in [6, 6.07) is 0.540. The van der Waals surface area contributed by atoms with Crippen LogP contribution in [0.4, 0.5) is 0 Å². The summed E-state index contributed by atoms with van der Waals surface area (Å²) < 4.78 is 5.20. The van der Waals surface area contributed by atoms with Crippen LogP contribution in [0.3, 0.4) is 0 Å². The molecule has 2 saturated carbocycles. The van der Waals surface area contributed by atoms with Crippen LogP contribution in [-0.4, -0.2) is 37.0 Å². The lowest BCUT2D eigenvalue weighted by Gasteiger charge is -2.34. The van der Waals surface area contributed by atoms with Crippen LogP contribution in [0.1, 0.15) is 45.4 Å². The molecule has 0 aromatic carbocycles. The molecule has 2 fully saturated rings.